The number of para-hydroxylation sites is 1. The molecule has 0 spiro atoms. The van der Waals surface area contributed by atoms with Crippen LogP contribution < -0.4 is 5.06 Å². The predicted octanol–water partition coefficient (Wildman–Crippen LogP) is 1.90. The highest BCUT2D eigenvalue weighted by atomic mass is 16.7. The Balaban J connectivity index is 2.35. The zero-order chi connectivity index (χ0) is 18.2. The summed E-state index contributed by atoms with van der Waals surface area (Å²) in [6, 6.07) is 8.42. The smallest absolute Gasteiger partial charge is 0.322 e. The van der Waals surface area contributed by atoms with Crippen molar-refractivity contribution in [2.24, 2.45) is 5.92 Å². The van der Waals surface area contributed by atoms with Gasteiger partial charge in [0.05, 0.1) is 24.9 Å². The van der Waals surface area contributed by atoms with Crippen LogP contribution in [0.2, 0.25) is 0 Å². The van der Waals surface area contributed by atoms with Crippen molar-refractivity contribution in [1.29, 1.82) is 0 Å². The van der Waals surface area contributed by atoms with Crippen molar-refractivity contribution in [3.63, 3.8) is 0 Å². The van der Waals surface area contributed by atoms with Crippen molar-refractivity contribution in [3.05, 3.63) is 30.3 Å². The Labute approximate surface area is 146 Å². The van der Waals surface area contributed by atoms with Crippen molar-refractivity contribution in [2.75, 3.05) is 18.3 Å². The molecule has 25 heavy (non-hydrogen) atoms. The summed E-state index contributed by atoms with van der Waals surface area (Å²) in [5.74, 6) is -2.45. The van der Waals surface area contributed by atoms with E-state index in [-0.39, 0.29) is 13.2 Å². The number of esters is 2. The maximum absolute atomic E-state index is 12.4. The number of carbonyl (C=O) groups is 3. The zero-order valence-corrected chi connectivity index (χ0v) is 14.4. The van der Waals surface area contributed by atoms with Gasteiger partial charge < -0.3 is 14.3 Å². The molecule has 0 radical (unpaired) electrons. The maximum atomic E-state index is 12.4. The molecule has 2 rings (SSSR count). The van der Waals surface area contributed by atoms with Crippen LogP contribution in [0.5, 0.6) is 0 Å². The van der Waals surface area contributed by atoms with Crippen molar-refractivity contribution in [3.8, 4) is 0 Å². The van der Waals surface area contributed by atoms with E-state index in [9.17, 15) is 14.4 Å². The molecule has 1 fully saturated rings. The van der Waals surface area contributed by atoms with Crippen LogP contribution in [-0.2, 0) is 28.7 Å². The van der Waals surface area contributed by atoms with Crippen molar-refractivity contribution in [2.45, 2.75) is 38.8 Å². The fraction of sp³-hybridized carbons (Fsp3) is 0.500. The quantitative estimate of drug-likeness (QED) is 0.422. The largest absolute Gasteiger partial charge is 0.465 e. The zero-order valence-electron chi connectivity index (χ0n) is 14.4. The maximum Gasteiger partial charge on any atom is 0.322 e. The minimum Gasteiger partial charge on any atom is -0.465 e. The van der Waals surface area contributed by atoms with E-state index >= 15 is 0 Å². The minimum absolute atomic E-state index is 0.157. The third kappa shape index (κ3) is 4.57. The average molecular weight is 349 g/mol. The Kier molecular flexibility index (Phi) is 6.94. The van der Waals surface area contributed by atoms with Crippen LogP contribution in [0.3, 0.4) is 0 Å². The van der Waals surface area contributed by atoms with E-state index in [2.05, 4.69) is 0 Å². The van der Waals surface area contributed by atoms with Crippen LogP contribution in [0, 0.1) is 5.92 Å². The van der Waals surface area contributed by atoms with Gasteiger partial charge in [0.2, 0.25) is 0 Å². The van der Waals surface area contributed by atoms with E-state index in [1.807, 2.05) is 18.2 Å². The summed E-state index contributed by atoms with van der Waals surface area (Å²) < 4.78 is 10.1. The third-order valence-electron chi connectivity index (χ3n) is 3.93. The summed E-state index contributed by atoms with van der Waals surface area (Å²) in [4.78, 5) is 41.7. The van der Waals surface area contributed by atoms with Gasteiger partial charge >= 0.3 is 11.9 Å². The van der Waals surface area contributed by atoms with Gasteiger partial charge in [0.25, 0.3) is 0 Å². The number of ether oxygens (including phenoxy) is 2. The number of hydrogen-bond donors (Lipinski definition) is 0. The van der Waals surface area contributed by atoms with E-state index in [1.165, 1.54) is 5.06 Å². The van der Waals surface area contributed by atoms with Gasteiger partial charge in [-0.25, -0.2) is 5.06 Å². The summed E-state index contributed by atoms with van der Waals surface area (Å²) in [6.07, 6.45) is 0.921. The van der Waals surface area contributed by atoms with Crippen LogP contribution in [0.25, 0.3) is 0 Å². The molecule has 0 unspecified atom stereocenters. The molecule has 1 aromatic carbocycles. The molecule has 1 aromatic rings. The Morgan fingerprint density at radius 3 is 2.28 bits per heavy atom. The van der Waals surface area contributed by atoms with Gasteiger partial charge in [-0.2, -0.15) is 0 Å². The van der Waals surface area contributed by atoms with Gasteiger partial charge in [0, 0.05) is 0 Å². The average Bonchev–Trinajstić information content (AvgIpc) is 2.63. The normalized spacial score (nSPS) is 20.2. The number of carbonyl (C=O) groups excluding carboxylic acids is 3. The van der Waals surface area contributed by atoms with Crippen LogP contribution in [0.4, 0.5) is 5.69 Å². The molecule has 1 aliphatic rings. The molecule has 1 aliphatic heterocycles. The molecular formula is C18H23NO6. The molecule has 0 saturated carbocycles. The summed E-state index contributed by atoms with van der Waals surface area (Å²) in [5, 5.41) is 1.46. The highest BCUT2D eigenvalue weighted by Crippen LogP contribution is 2.31. The van der Waals surface area contributed by atoms with Crippen LogP contribution in [0.1, 0.15) is 26.7 Å². The predicted molar refractivity (Wildman–Crippen MR) is 89.6 cm³/mol. The van der Waals surface area contributed by atoms with Gasteiger partial charge in [-0.15, -0.1) is 0 Å². The number of hydrogen-bond acceptors (Lipinski definition) is 7. The lowest BCUT2D eigenvalue weighted by Gasteiger charge is -2.40. The second-order valence-corrected chi connectivity index (χ2v) is 5.57. The SMILES string of the molecule is CCOC(=O)C(C(=O)OCC)[C@H]1CC[C@H](C=O)ON1c1ccccc1. The van der Waals surface area contributed by atoms with Gasteiger partial charge in [0.15, 0.2) is 12.2 Å². The van der Waals surface area contributed by atoms with Crippen molar-refractivity contribution < 1.29 is 28.7 Å². The first-order chi connectivity index (χ1) is 12.1. The number of rotatable bonds is 7. The first-order valence-corrected chi connectivity index (χ1v) is 8.42. The molecule has 0 bridgehead atoms. The Morgan fingerprint density at radius 2 is 1.76 bits per heavy atom. The second kappa shape index (κ2) is 9.17. The number of aldehydes is 1. The van der Waals surface area contributed by atoms with Gasteiger partial charge in [-0.05, 0) is 38.8 Å². The molecule has 7 heteroatoms. The van der Waals surface area contributed by atoms with Gasteiger partial charge in [-0.3, -0.25) is 14.4 Å². The van der Waals surface area contributed by atoms with Crippen LogP contribution >= 0.6 is 0 Å². The monoisotopic (exact) mass is 349 g/mol. The molecule has 2 atom stereocenters. The number of anilines is 1. The number of hydroxylamine groups is 1. The molecule has 1 saturated heterocycles. The van der Waals surface area contributed by atoms with Crippen LogP contribution in [-0.4, -0.2) is 43.6 Å². The molecule has 136 valence electrons. The summed E-state index contributed by atoms with van der Waals surface area (Å²) in [6.45, 7) is 3.67. The highest BCUT2D eigenvalue weighted by molar-refractivity contribution is 5.96. The minimum atomic E-state index is -1.15. The van der Waals surface area contributed by atoms with Crippen molar-refractivity contribution >= 4 is 23.9 Å². The molecule has 0 amide bonds. The van der Waals surface area contributed by atoms with Gasteiger partial charge in [-0.1, -0.05) is 18.2 Å². The van der Waals surface area contributed by atoms with Crippen molar-refractivity contribution in [1.82, 2.24) is 0 Å². The van der Waals surface area contributed by atoms with Gasteiger partial charge in [0.1, 0.15) is 6.10 Å². The fourth-order valence-electron chi connectivity index (χ4n) is 2.83. The molecule has 0 aliphatic carbocycles. The molecule has 1 heterocycles. The van der Waals surface area contributed by atoms with Crippen LogP contribution in [0.15, 0.2) is 30.3 Å². The second-order valence-electron chi connectivity index (χ2n) is 5.57. The van der Waals surface area contributed by atoms with E-state index in [4.69, 9.17) is 14.3 Å². The molecular weight excluding hydrogens is 326 g/mol. The fourth-order valence-corrected chi connectivity index (χ4v) is 2.83. The number of benzene rings is 1. The van der Waals surface area contributed by atoms with E-state index in [0.717, 1.165) is 6.29 Å². The Hall–Kier alpha value is -2.41. The van der Waals surface area contributed by atoms with E-state index < -0.39 is 30.0 Å². The molecule has 7 nitrogen and oxygen atoms in total. The lowest BCUT2D eigenvalue weighted by molar-refractivity contribution is -0.166. The molecule has 0 aromatic heterocycles. The topological polar surface area (TPSA) is 82.1 Å². The first-order valence-electron chi connectivity index (χ1n) is 8.42. The Bertz CT molecular complexity index is 572. The summed E-state index contributed by atoms with van der Waals surface area (Å²) >= 11 is 0. The third-order valence-corrected chi connectivity index (χ3v) is 3.93. The lowest BCUT2D eigenvalue weighted by atomic mass is 9.92. The summed E-state index contributed by atoms with van der Waals surface area (Å²) in [5.41, 5.74) is 0.651. The number of nitrogens with zero attached hydrogens (tertiary/aromatic N) is 1. The molecule has 0 N–H and O–H groups in total. The standard InChI is InChI=1S/C18H23NO6/c1-3-23-17(21)16(18(22)24-4-2)15-11-10-14(12-20)25-19(15)13-8-6-5-7-9-13/h5-9,12,14-16H,3-4,10-11H2,1-2H3/t14-,15-/m1/s1. The first kappa shape index (κ1) is 18.9. The highest BCUT2D eigenvalue weighted by Gasteiger charge is 2.44. The van der Waals surface area contributed by atoms with E-state index in [1.54, 1.807) is 26.0 Å². The Morgan fingerprint density at radius 1 is 1.16 bits per heavy atom. The summed E-state index contributed by atoms with van der Waals surface area (Å²) in [7, 11) is 0. The lowest BCUT2D eigenvalue weighted by Crippen LogP contribution is -2.53. The van der Waals surface area contributed by atoms with E-state index in [0.29, 0.717) is 18.5 Å².